The van der Waals surface area contributed by atoms with E-state index in [2.05, 4.69) is 37.0 Å². The highest BCUT2D eigenvalue weighted by Crippen LogP contribution is 2.30. The number of ether oxygens (including phenoxy) is 1. The largest absolute Gasteiger partial charge is 0.457 e. The van der Waals surface area contributed by atoms with Crippen molar-refractivity contribution >= 4 is 37.7 Å². The van der Waals surface area contributed by atoms with Crippen molar-refractivity contribution in [2.24, 2.45) is 10.9 Å². The molecule has 0 aromatic heterocycles. The summed E-state index contributed by atoms with van der Waals surface area (Å²) in [6, 6.07) is 9.31. The molecule has 0 radical (unpaired) electrons. The van der Waals surface area contributed by atoms with Crippen molar-refractivity contribution in [1.29, 1.82) is 0 Å². The molecule has 0 aliphatic heterocycles. The van der Waals surface area contributed by atoms with E-state index in [4.69, 9.17) is 15.7 Å². The number of amidine groups is 1. The summed E-state index contributed by atoms with van der Waals surface area (Å²) in [6.07, 6.45) is 0. The Hall–Kier alpha value is -1.60. The maximum absolute atomic E-state index is 13.2. The van der Waals surface area contributed by atoms with E-state index in [1.807, 2.05) is 0 Å². The molecular formula is C13H9Br2FN2O2. The van der Waals surface area contributed by atoms with Crippen LogP contribution in [0.25, 0.3) is 0 Å². The lowest BCUT2D eigenvalue weighted by molar-refractivity contribution is 0.318. The Labute approximate surface area is 131 Å². The molecule has 0 spiro atoms. The molecule has 0 aliphatic rings. The third-order valence-electron chi connectivity index (χ3n) is 2.45. The molecule has 0 atom stereocenters. The van der Waals surface area contributed by atoms with Crippen LogP contribution in [0.4, 0.5) is 4.39 Å². The normalized spacial score (nSPS) is 11.4. The molecule has 0 unspecified atom stereocenters. The lowest BCUT2D eigenvalue weighted by Gasteiger charge is -2.11. The standard InChI is InChI=1S/C13H9Br2FN2O2/c14-7-1-3-9(13(17)18-19)12(5-7)20-8-2-4-11(16)10(15)6-8/h1-6,19H,(H2,17,18). The van der Waals surface area contributed by atoms with E-state index in [1.165, 1.54) is 18.2 Å². The summed E-state index contributed by atoms with van der Waals surface area (Å²) in [5.74, 6) is 0.341. The SMILES string of the molecule is N/C(=N/O)c1ccc(Br)cc1Oc1ccc(F)c(Br)c1. The first kappa shape index (κ1) is 14.8. The van der Waals surface area contributed by atoms with Crippen LogP contribution >= 0.6 is 31.9 Å². The highest BCUT2D eigenvalue weighted by molar-refractivity contribution is 9.10. The van der Waals surface area contributed by atoms with E-state index >= 15 is 0 Å². The van der Waals surface area contributed by atoms with Crippen LogP contribution in [0.5, 0.6) is 11.5 Å². The second-order valence-corrected chi connectivity index (χ2v) is 5.57. The van der Waals surface area contributed by atoms with Gasteiger partial charge in [0.15, 0.2) is 5.84 Å². The predicted octanol–water partition coefficient (Wildman–Crippen LogP) is 4.24. The average molecular weight is 404 g/mol. The maximum atomic E-state index is 13.2. The first-order valence-electron chi connectivity index (χ1n) is 5.41. The van der Waals surface area contributed by atoms with Gasteiger partial charge in [0.2, 0.25) is 0 Å². The third-order valence-corrected chi connectivity index (χ3v) is 3.55. The highest BCUT2D eigenvalue weighted by Gasteiger charge is 2.11. The van der Waals surface area contributed by atoms with Gasteiger partial charge in [-0.05, 0) is 52.3 Å². The first-order valence-corrected chi connectivity index (χ1v) is 7.00. The molecule has 0 aliphatic carbocycles. The van der Waals surface area contributed by atoms with Crippen LogP contribution in [0.1, 0.15) is 5.56 Å². The number of oxime groups is 1. The number of hydrogen-bond donors (Lipinski definition) is 2. The van der Waals surface area contributed by atoms with Gasteiger partial charge >= 0.3 is 0 Å². The van der Waals surface area contributed by atoms with Crippen molar-refractivity contribution < 1.29 is 14.3 Å². The molecular weight excluding hydrogens is 395 g/mol. The summed E-state index contributed by atoms with van der Waals surface area (Å²) in [5, 5.41) is 11.7. The fourth-order valence-corrected chi connectivity index (χ4v) is 2.21. The second-order valence-electron chi connectivity index (χ2n) is 3.80. The topological polar surface area (TPSA) is 67.8 Å². The van der Waals surface area contributed by atoms with Crippen molar-refractivity contribution in [2.75, 3.05) is 0 Å². The Kier molecular flexibility index (Phi) is 4.61. The first-order chi connectivity index (χ1) is 9.51. The van der Waals surface area contributed by atoms with E-state index in [-0.39, 0.29) is 16.1 Å². The van der Waals surface area contributed by atoms with Crippen molar-refractivity contribution in [3.8, 4) is 11.5 Å². The quantitative estimate of drug-likeness (QED) is 0.348. The van der Waals surface area contributed by atoms with E-state index in [0.29, 0.717) is 17.1 Å². The van der Waals surface area contributed by atoms with Gasteiger partial charge in [-0.2, -0.15) is 0 Å². The average Bonchev–Trinajstić information content (AvgIpc) is 2.42. The van der Waals surface area contributed by atoms with E-state index < -0.39 is 0 Å². The summed E-state index contributed by atoms with van der Waals surface area (Å²) in [4.78, 5) is 0. The highest BCUT2D eigenvalue weighted by atomic mass is 79.9. The Balaban J connectivity index is 2.41. The van der Waals surface area contributed by atoms with Crippen LogP contribution < -0.4 is 10.5 Å². The van der Waals surface area contributed by atoms with Gasteiger partial charge in [-0.25, -0.2) is 4.39 Å². The summed E-state index contributed by atoms with van der Waals surface area (Å²) in [7, 11) is 0. The van der Waals surface area contributed by atoms with Crippen LogP contribution in [-0.4, -0.2) is 11.0 Å². The van der Waals surface area contributed by atoms with Crippen molar-refractivity contribution in [3.63, 3.8) is 0 Å². The number of nitrogens with two attached hydrogens (primary N) is 1. The van der Waals surface area contributed by atoms with Gasteiger partial charge < -0.3 is 15.7 Å². The zero-order chi connectivity index (χ0) is 14.7. The molecule has 3 N–H and O–H groups in total. The molecule has 104 valence electrons. The molecule has 0 bridgehead atoms. The van der Waals surface area contributed by atoms with Gasteiger partial charge in [0.1, 0.15) is 17.3 Å². The zero-order valence-electron chi connectivity index (χ0n) is 9.98. The minimum Gasteiger partial charge on any atom is -0.457 e. The van der Waals surface area contributed by atoms with Crippen molar-refractivity contribution in [2.45, 2.75) is 0 Å². The summed E-state index contributed by atoms with van der Waals surface area (Å²) >= 11 is 6.40. The summed E-state index contributed by atoms with van der Waals surface area (Å²) in [5.41, 5.74) is 6.02. The molecule has 0 heterocycles. The minimum absolute atomic E-state index is 0.0753. The van der Waals surface area contributed by atoms with Gasteiger partial charge in [-0.15, -0.1) is 0 Å². The molecule has 2 aromatic rings. The van der Waals surface area contributed by atoms with Gasteiger partial charge in [-0.1, -0.05) is 21.1 Å². The van der Waals surface area contributed by atoms with Gasteiger partial charge in [0, 0.05) is 4.47 Å². The van der Waals surface area contributed by atoms with Crippen LogP contribution in [0, 0.1) is 5.82 Å². The second kappa shape index (κ2) is 6.23. The van der Waals surface area contributed by atoms with Gasteiger partial charge in [0.25, 0.3) is 0 Å². The van der Waals surface area contributed by atoms with Crippen LogP contribution in [-0.2, 0) is 0 Å². The van der Waals surface area contributed by atoms with Crippen molar-refractivity contribution in [1.82, 2.24) is 0 Å². The van der Waals surface area contributed by atoms with E-state index in [9.17, 15) is 4.39 Å². The monoisotopic (exact) mass is 402 g/mol. The lowest BCUT2D eigenvalue weighted by Crippen LogP contribution is -2.14. The summed E-state index contributed by atoms with van der Waals surface area (Å²) in [6.45, 7) is 0. The molecule has 4 nitrogen and oxygen atoms in total. The van der Waals surface area contributed by atoms with Gasteiger partial charge in [0.05, 0.1) is 10.0 Å². The summed E-state index contributed by atoms with van der Waals surface area (Å²) < 4.78 is 19.9. The fourth-order valence-electron chi connectivity index (χ4n) is 1.51. The Morgan fingerprint density at radius 2 is 1.95 bits per heavy atom. The number of benzene rings is 2. The molecule has 7 heteroatoms. The van der Waals surface area contributed by atoms with E-state index in [0.717, 1.165) is 4.47 Å². The fraction of sp³-hybridized carbons (Fsp3) is 0. The maximum Gasteiger partial charge on any atom is 0.173 e. The van der Waals surface area contributed by atoms with Crippen LogP contribution in [0.2, 0.25) is 0 Å². The molecule has 20 heavy (non-hydrogen) atoms. The number of hydrogen-bond acceptors (Lipinski definition) is 3. The Morgan fingerprint density at radius 1 is 1.20 bits per heavy atom. The van der Waals surface area contributed by atoms with Crippen molar-refractivity contribution in [3.05, 3.63) is 56.7 Å². The predicted molar refractivity (Wildman–Crippen MR) is 80.8 cm³/mol. The van der Waals surface area contributed by atoms with Crippen LogP contribution in [0.3, 0.4) is 0 Å². The minimum atomic E-state index is -0.386. The molecule has 0 saturated heterocycles. The lowest BCUT2D eigenvalue weighted by atomic mass is 10.2. The van der Waals surface area contributed by atoms with Crippen LogP contribution in [0.15, 0.2) is 50.5 Å². The Morgan fingerprint density at radius 3 is 2.60 bits per heavy atom. The zero-order valence-corrected chi connectivity index (χ0v) is 13.2. The number of halogens is 3. The molecule has 0 saturated carbocycles. The molecule has 2 aromatic carbocycles. The molecule has 0 fully saturated rings. The number of rotatable bonds is 3. The molecule has 2 rings (SSSR count). The number of nitrogens with zero attached hydrogens (tertiary/aromatic N) is 1. The molecule has 0 amide bonds. The third kappa shape index (κ3) is 3.29. The smallest absolute Gasteiger partial charge is 0.173 e. The van der Waals surface area contributed by atoms with Gasteiger partial charge in [-0.3, -0.25) is 0 Å². The van der Waals surface area contributed by atoms with E-state index in [1.54, 1.807) is 18.2 Å². The Bertz CT molecular complexity index is 677.